The first kappa shape index (κ1) is 28.1. The summed E-state index contributed by atoms with van der Waals surface area (Å²) in [6.45, 7) is 0. The van der Waals surface area contributed by atoms with Gasteiger partial charge in [-0.15, -0.1) is 22.7 Å². The maximum atomic E-state index is 2.41. The largest absolute Gasteiger partial charge is 0.135 e. The molecule has 0 nitrogen and oxygen atoms in total. The lowest BCUT2D eigenvalue weighted by Gasteiger charge is -2.19. The zero-order valence-corrected chi connectivity index (χ0v) is 28.6. The maximum Gasteiger partial charge on any atom is 0.0369 e. The van der Waals surface area contributed by atoms with Gasteiger partial charge in [-0.3, -0.25) is 0 Å². The molecular weight excluding hydrogens is 641 g/mol. The van der Waals surface area contributed by atoms with Gasteiger partial charge in [-0.25, -0.2) is 0 Å². The van der Waals surface area contributed by atoms with E-state index >= 15 is 0 Å². The van der Waals surface area contributed by atoms with E-state index in [0.29, 0.717) is 0 Å². The SMILES string of the molecule is c1ccc2c(-c3c4ccccc4c(-c4ccc(-c5ccc6c(c5)sc5cc7sc8ccccc8c7cc56)cc4)c4ccccc34)cccc2c1. The highest BCUT2D eigenvalue weighted by Gasteiger charge is 2.18. The molecule has 11 aromatic rings. The van der Waals surface area contributed by atoms with Gasteiger partial charge < -0.3 is 0 Å². The monoisotopic (exact) mass is 668 g/mol. The van der Waals surface area contributed by atoms with E-state index in [1.807, 2.05) is 22.7 Å². The lowest BCUT2D eigenvalue weighted by Crippen LogP contribution is -1.91. The van der Waals surface area contributed by atoms with E-state index in [2.05, 4.69) is 170 Å². The van der Waals surface area contributed by atoms with Crippen molar-refractivity contribution in [3.63, 3.8) is 0 Å². The van der Waals surface area contributed by atoms with Gasteiger partial charge in [-0.2, -0.15) is 0 Å². The Balaban J connectivity index is 1.05. The summed E-state index contributed by atoms with van der Waals surface area (Å²) in [6.07, 6.45) is 0. The van der Waals surface area contributed by atoms with Crippen molar-refractivity contribution in [1.29, 1.82) is 0 Å². The van der Waals surface area contributed by atoms with E-state index in [0.717, 1.165) is 0 Å². The number of fused-ring (bicyclic) bond motifs is 9. The number of rotatable bonds is 3. The summed E-state index contributed by atoms with van der Waals surface area (Å²) in [6, 6.07) is 63.1. The molecule has 0 radical (unpaired) electrons. The predicted molar refractivity (Wildman–Crippen MR) is 221 cm³/mol. The third-order valence-electron chi connectivity index (χ3n) is 10.5. The van der Waals surface area contributed by atoms with Crippen LogP contribution in [-0.4, -0.2) is 0 Å². The molecule has 50 heavy (non-hydrogen) atoms. The van der Waals surface area contributed by atoms with Crippen molar-refractivity contribution in [2.75, 3.05) is 0 Å². The second-order valence-corrected chi connectivity index (χ2v) is 15.4. The molecule has 232 valence electrons. The van der Waals surface area contributed by atoms with Crippen LogP contribution in [0.3, 0.4) is 0 Å². The fourth-order valence-corrected chi connectivity index (χ4v) is 10.5. The Labute approximate surface area is 297 Å². The molecule has 9 aromatic carbocycles. The van der Waals surface area contributed by atoms with E-state index in [9.17, 15) is 0 Å². The molecule has 0 amide bonds. The number of thiophene rings is 2. The lowest BCUT2D eigenvalue weighted by molar-refractivity contribution is 1.64. The van der Waals surface area contributed by atoms with E-state index in [1.54, 1.807) is 0 Å². The summed E-state index contributed by atoms with van der Waals surface area (Å²) < 4.78 is 5.42. The number of hydrogen-bond acceptors (Lipinski definition) is 2. The molecule has 11 rings (SSSR count). The standard InChI is InChI=1S/C48H28S2/c1-2-12-33-30(10-1)11-9-18-36(33)48-39-16-5-3-14-37(39)47(38-15-4-6-17-40(38)48)31-22-20-29(21-23-31)32-24-25-35-42-27-41-34-13-7-8-19-43(34)49-45(41)28-46(42)50-44(35)26-32/h1-28H. The third-order valence-corrected chi connectivity index (χ3v) is 12.7. The topological polar surface area (TPSA) is 0 Å². The van der Waals surface area contributed by atoms with Gasteiger partial charge in [-0.05, 0) is 90.0 Å². The Morgan fingerprint density at radius 1 is 0.260 bits per heavy atom. The fourth-order valence-electron chi connectivity index (χ4n) is 8.18. The van der Waals surface area contributed by atoms with Crippen LogP contribution >= 0.6 is 22.7 Å². The molecule has 0 spiro atoms. The molecular formula is C48H28S2. The summed E-state index contributed by atoms with van der Waals surface area (Å²) in [4.78, 5) is 0. The fraction of sp³-hybridized carbons (Fsp3) is 0. The quantitative estimate of drug-likeness (QED) is 0.164. The van der Waals surface area contributed by atoms with E-state index in [1.165, 1.54) is 106 Å². The van der Waals surface area contributed by atoms with E-state index < -0.39 is 0 Å². The normalized spacial score (nSPS) is 12.0. The second kappa shape index (κ2) is 10.9. The minimum Gasteiger partial charge on any atom is -0.135 e. The molecule has 0 bridgehead atoms. The average Bonchev–Trinajstić information content (AvgIpc) is 3.72. The van der Waals surface area contributed by atoms with Gasteiger partial charge in [-0.1, -0.05) is 146 Å². The van der Waals surface area contributed by atoms with Crippen molar-refractivity contribution in [3.8, 4) is 33.4 Å². The molecule has 0 aliphatic rings. The highest BCUT2D eigenvalue weighted by molar-refractivity contribution is 7.28. The van der Waals surface area contributed by atoms with Gasteiger partial charge in [0.2, 0.25) is 0 Å². The second-order valence-electron chi connectivity index (χ2n) is 13.2. The molecule has 0 aliphatic heterocycles. The minimum absolute atomic E-state index is 1.24. The van der Waals surface area contributed by atoms with Gasteiger partial charge in [0.25, 0.3) is 0 Å². The van der Waals surface area contributed by atoms with Gasteiger partial charge >= 0.3 is 0 Å². The van der Waals surface area contributed by atoms with Gasteiger partial charge in [0.15, 0.2) is 0 Å². The molecule has 0 saturated carbocycles. The Kier molecular flexibility index (Phi) is 6.09. The molecule has 0 saturated heterocycles. The van der Waals surface area contributed by atoms with Crippen LogP contribution in [0.25, 0.3) is 106 Å². The first-order chi connectivity index (χ1) is 24.8. The zero-order valence-electron chi connectivity index (χ0n) is 27.0. The summed E-state index contributed by atoms with van der Waals surface area (Å²) in [5, 5.41) is 13.1. The van der Waals surface area contributed by atoms with Gasteiger partial charge in [0.1, 0.15) is 0 Å². The van der Waals surface area contributed by atoms with Crippen molar-refractivity contribution in [3.05, 3.63) is 170 Å². The lowest BCUT2D eigenvalue weighted by atomic mass is 9.84. The highest BCUT2D eigenvalue weighted by Crippen LogP contribution is 2.46. The van der Waals surface area contributed by atoms with Crippen molar-refractivity contribution in [2.45, 2.75) is 0 Å². The van der Waals surface area contributed by atoms with Crippen LogP contribution in [0.5, 0.6) is 0 Å². The van der Waals surface area contributed by atoms with Crippen molar-refractivity contribution >= 4 is 95.3 Å². The Bertz CT molecular complexity index is 3080. The summed E-state index contributed by atoms with van der Waals surface area (Å²) in [5.74, 6) is 0. The third kappa shape index (κ3) is 4.16. The highest BCUT2D eigenvalue weighted by atomic mass is 32.1. The molecule has 0 N–H and O–H groups in total. The van der Waals surface area contributed by atoms with Crippen LogP contribution in [0.15, 0.2) is 170 Å². The average molecular weight is 669 g/mol. The van der Waals surface area contributed by atoms with Crippen molar-refractivity contribution < 1.29 is 0 Å². The van der Waals surface area contributed by atoms with Gasteiger partial charge in [0.05, 0.1) is 0 Å². The van der Waals surface area contributed by atoms with Crippen LogP contribution in [-0.2, 0) is 0 Å². The summed E-state index contributed by atoms with van der Waals surface area (Å²) in [7, 11) is 0. The molecule has 0 fully saturated rings. The Morgan fingerprint density at radius 2 is 0.760 bits per heavy atom. The maximum absolute atomic E-state index is 2.41. The van der Waals surface area contributed by atoms with Crippen LogP contribution in [0.4, 0.5) is 0 Å². The smallest absolute Gasteiger partial charge is 0.0369 e. The summed E-state index contributed by atoms with van der Waals surface area (Å²) in [5.41, 5.74) is 7.60. The van der Waals surface area contributed by atoms with Crippen LogP contribution in [0, 0.1) is 0 Å². The van der Waals surface area contributed by atoms with E-state index in [-0.39, 0.29) is 0 Å². The molecule has 2 heterocycles. The van der Waals surface area contributed by atoms with E-state index in [4.69, 9.17) is 0 Å². The zero-order chi connectivity index (χ0) is 32.8. The molecule has 0 aliphatic carbocycles. The first-order valence-corrected chi connectivity index (χ1v) is 18.7. The van der Waals surface area contributed by atoms with Crippen LogP contribution < -0.4 is 0 Å². The van der Waals surface area contributed by atoms with Crippen LogP contribution in [0.1, 0.15) is 0 Å². The molecule has 2 heteroatoms. The predicted octanol–water partition coefficient (Wildman–Crippen LogP) is 14.9. The molecule has 0 unspecified atom stereocenters. The number of benzene rings is 9. The summed E-state index contributed by atoms with van der Waals surface area (Å²) >= 11 is 3.80. The van der Waals surface area contributed by atoms with Crippen molar-refractivity contribution in [2.24, 2.45) is 0 Å². The first-order valence-electron chi connectivity index (χ1n) is 17.1. The Morgan fingerprint density at radius 3 is 1.48 bits per heavy atom. The Hall–Kier alpha value is -5.80. The minimum atomic E-state index is 1.24. The van der Waals surface area contributed by atoms with Crippen LogP contribution in [0.2, 0.25) is 0 Å². The van der Waals surface area contributed by atoms with Gasteiger partial charge in [0, 0.05) is 40.3 Å². The molecule has 2 aromatic heterocycles. The van der Waals surface area contributed by atoms with Crippen molar-refractivity contribution in [1.82, 2.24) is 0 Å². The number of hydrogen-bond donors (Lipinski definition) is 0. The molecule has 0 atom stereocenters.